The van der Waals surface area contributed by atoms with E-state index in [9.17, 15) is 0 Å². The quantitative estimate of drug-likeness (QED) is 0.668. The lowest BCUT2D eigenvalue weighted by molar-refractivity contribution is 0.348. The van der Waals surface area contributed by atoms with Gasteiger partial charge in [-0.3, -0.25) is 0 Å². The fourth-order valence-electron chi connectivity index (χ4n) is 4.65. The average molecular weight is 241 g/mol. The molecule has 0 saturated carbocycles. The SMILES string of the molecule is Cc1cc2c3c4c1CCCC4(C)CCN3CCC2. The van der Waals surface area contributed by atoms with Crippen LogP contribution in [-0.2, 0) is 18.3 Å². The van der Waals surface area contributed by atoms with E-state index in [-0.39, 0.29) is 0 Å². The van der Waals surface area contributed by atoms with Crippen LogP contribution < -0.4 is 4.90 Å². The molecule has 1 heteroatoms. The van der Waals surface area contributed by atoms with Crippen molar-refractivity contribution in [3.63, 3.8) is 0 Å². The lowest BCUT2D eigenvalue weighted by Crippen LogP contribution is -2.44. The molecule has 96 valence electrons. The molecule has 1 nitrogen and oxygen atoms in total. The Morgan fingerprint density at radius 3 is 2.89 bits per heavy atom. The van der Waals surface area contributed by atoms with Gasteiger partial charge in [-0.15, -0.1) is 0 Å². The van der Waals surface area contributed by atoms with Gasteiger partial charge in [-0.1, -0.05) is 13.0 Å². The molecule has 1 aromatic rings. The van der Waals surface area contributed by atoms with Crippen LogP contribution in [0.15, 0.2) is 6.07 Å². The summed E-state index contributed by atoms with van der Waals surface area (Å²) in [5, 5.41) is 0. The molecule has 3 aliphatic rings. The molecule has 0 saturated heterocycles. The fourth-order valence-corrected chi connectivity index (χ4v) is 4.65. The molecule has 0 aromatic heterocycles. The monoisotopic (exact) mass is 241 g/mol. The summed E-state index contributed by atoms with van der Waals surface area (Å²) >= 11 is 0. The maximum absolute atomic E-state index is 2.68. The molecule has 0 N–H and O–H groups in total. The van der Waals surface area contributed by atoms with Crippen molar-refractivity contribution in [2.24, 2.45) is 0 Å². The maximum Gasteiger partial charge on any atom is 0.0439 e. The van der Waals surface area contributed by atoms with Crippen molar-refractivity contribution in [1.82, 2.24) is 0 Å². The van der Waals surface area contributed by atoms with E-state index >= 15 is 0 Å². The first-order valence-electron chi connectivity index (χ1n) is 7.60. The van der Waals surface area contributed by atoms with Gasteiger partial charge in [0.15, 0.2) is 0 Å². The number of hydrogen-bond donors (Lipinski definition) is 0. The highest BCUT2D eigenvalue weighted by Gasteiger charge is 2.41. The van der Waals surface area contributed by atoms with Crippen LogP contribution in [0.25, 0.3) is 0 Å². The molecule has 0 fully saturated rings. The molecule has 0 spiro atoms. The highest BCUT2D eigenvalue weighted by molar-refractivity contribution is 5.70. The Morgan fingerprint density at radius 2 is 2.00 bits per heavy atom. The number of aryl methyl sites for hydroxylation is 2. The predicted molar refractivity (Wildman–Crippen MR) is 76.6 cm³/mol. The normalized spacial score (nSPS) is 29.1. The zero-order valence-electron chi connectivity index (χ0n) is 11.7. The predicted octanol–water partition coefficient (Wildman–Crippen LogP) is 3.75. The smallest absolute Gasteiger partial charge is 0.0439 e. The molecule has 18 heavy (non-hydrogen) atoms. The van der Waals surface area contributed by atoms with Gasteiger partial charge in [0, 0.05) is 18.8 Å². The highest BCUT2D eigenvalue weighted by atomic mass is 15.1. The Hall–Kier alpha value is -0.980. The van der Waals surface area contributed by atoms with E-state index in [4.69, 9.17) is 0 Å². The number of anilines is 1. The van der Waals surface area contributed by atoms with E-state index in [0.717, 1.165) is 0 Å². The minimum atomic E-state index is 0.484. The second-order valence-corrected chi connectivity index (χ2v) is 6.81. The summed E-state index contributed by atoms with van der Waals surface area (Å²) in [5.74, 6) is 0. The van der Waals surface area contributed by atoms with E-state index in [1.165, 1.54) is 51.6 Å². The standard InChI is InChI=1S/C17H23N/c1-12-11-13-5-4-9-18-10-8-17(2)7-3-6-14(12)15(17)16(13)18/h11H,3-10H2,1-2H3. The minimum Gasteiger partial charge on any atom is -0.371 e. The van der Waals surface area contributed by atoms with Crippen molar-refractivity contribution in [2.45, 2.75) is 57.8 Å². The van der Waals surface area contributed by atoms with Gasteiger partial charge in [-0.2, -0.15) is 0 Å². The Morgan fingerprint density at radius 1 is 1.11 bits per heavy atom. The third kappa shape index (κ3) is 1.28. The van der Waals surface area contributed by atoms with Gasteiger partial charge in [0.05, 0.1) is 0 Å². The van der Waals surface area contributed by atoms with Gasteiger partial charge in [0.25, 0.3) is 0 Å². The topological polar surface area (TPSA) is 3.24 Å². The van der Waals surface area contributed by atoms with E-state index < -0.39 is 0 Å². The van der Waals surface area contributed by atoms with Crippen molar-refractivity contribution >= 4 is 5.69 Å². The first-order chi connectivity index (χ1) is 8.69. The number of rotatable bonds is 0. The fraction of sp³-hybridized carbons (Fsp3) is 0.647. The summed E-state index contributed by atoms with van der Waals surface area (Å²) in [6, 6.07) is 2.50. The van der Waals surface area contributed by atoms with Crippen LogP contribution in [0.4, 0.5) is 5.69 Å². The number of nitrogens with zero attached hydrogens (tertiary/aromatic N) is 1. The van der Waals surface area contributed by atoms with Gasteiger partial charge in [0.2, 0.25) is 0 Å². The molecule has 2 aliphatic heterocycles. The zero-order chi connectivity index (χ0) is 12.3. The van der Waals surface area contributed by atoms with Gasteiger partial charge in [-0.25, -0.2) is 0 Å². The second kappa shape index (κ2) is 3.53. The maximum atomic E-state index is 2.68. The van der Waals surface area contributed by atoms with E-state index in [1.807, 2.05) is 0 Å². The average Bonchev–Trinajstić information content (AvgIpc) is 2.37. The van der Waals surface area contributed by atoms with E-state index in [2.05, 4.69) is 24.8 Å². The Kier molecular flexibility index (Phi) is 2.13. The second-order valence-electron chi connectivity index (χ2n) is 6.81. The Balaban J connectivity index is 2.05. The van der Waals surface area contributed by atoms with Gasteiger partial charge in [0.1, 0.15) is 0 Å². The third-order valence-electron chi connectivity index (χ3n) is 5.59. The van der Waals surface area contributed by atoms with Crippen LogP contribution in [0, 0.1) is 6.92 Å². The number of benzene rings is 1. The first kappa shape index (κ1) is 10.9. The summed E-state index contributed by atoms with van der Waals surface area (Å²) in [6.07, 6.45) is 8.14. The Labute approximate surface area is 110 Å². The summed E-state index contributed by atoms with van der Waals surface area (Å²) in [7, 11) is 0. The van der Waals surface area contributed by atoms with Crippen LogP contribution in [0.1, 0.15) is 54.9 Å². The summed E-state index contributed by atoms with van der Waals surface area (Å²) < 4.78 is 0. The molecular formula is C17H23N. The van der Waals surface area contributed by atoms with Crippen LogP contribution in [0.2, 0.25) is 0 Å². The first-order valence-corrected chi connectivity index (χ1v) is 7.60. The largest absolute Gasteiger partial charge is 0.371 e. The van der Waals surface area contributed by atoms with Crippen molar-refractivity contribution in [3.8, 4) is 0 Å². The molecule has 1 aromatic carbocycles. The van der Waals surface area contributed by atoms with Gasteiger partial charge in [-0.05, 0) is 73.1 Å². The molecule has 4 rings (SSSR count). The summed E-state index contributed by atoms with van der Waals surface area (Å²) in [5.41, 5.74) is 8.82. The molecule has 0 amide bonds. The lowest BCUT2D eigenvalue weighted by Gasteiger charge is -2.49. The minimum absolute atomic E-state index is 0.484. The van der Waals surface area contributed by atoms with Crippen LogP contribution in [-0.4, -0.2) is 13.1 Å². The molecule has 1 atom stereocenters. The summed E-state index contributed by atoms with van der Waals surface area (Å²) in [4.78, 5) is 2.68. The molecule has 1 aliphatic carbocycles. The van der Waals surface area contributed by atoms with Crippen molar-refractivity contribution < 1.29 is 0 Å². The highest BCUT2D eigenvalue weighted by Crippen LogP contribution is 2.51. The van der Waals surface area contributed by atoms with Crippen LogP contribution >= 0.6 is 0 Å². The molecular weight excluding hydrogens is 218 g/mol. The zero-order valence-corrected chi connectivity index (χ0v) is 11.7. The third-order valence-corrected chi connectivity index (χ3v) is 5.59. The Bertz CT molecular complexity index is 517. The summed E-state index contributed by atoms with van der Waals surface area (Å²) in [6.45, 7) is 7.44. The van der Waals surface area contributed by atoms with Gasteiger partial charge < -0.3 is 4.90 Å². The van der Waals surface area contributed by atoms with Crippen molar-refractivity contribution in [3.05, 3.63) is 28.3 Å². The lowest BCUT2D eigenvalue weighted by atomic mass is 9.64. The number of hydrogen-bond acceptors (Lipinski definition) is 1. The van der Waals surface area contributed by atoms with Crippen LogP contribution in [0.5, 0.6) is 0 Å². The van der Waals surface area contributed by atoms with Gasteiger partial charge >= 0.3 is 0 Å². The van der Waals surface area contributed by atoms with E-state index in [1.54, 1.807) is 27.9 Å². The van der Waals surface area contributed by atoms with Crippen molar-refractivity contribution in [1.29, 1.82) is 0 Å². The molecule has 2 heterocycles. The van der Waals surface area contributed by atoms with Crippen molar-refractivity contribution in [2.75, 3.05) is 18.0 Å². The molecule has 0 bridgehead atoms. The molecule has 0 radical (unpaired) electrons. The van der Waals surface area contributed by atoms with E-state index in [0.29, 0.717) is 5.41 Å². The molecule has 1 unspecified atom stereocenters. The van der Waals surface area contributed by atoms with Crippen LogP contribution in [0.3, 0.4) is 0 Å².